The van der Waals surface area contributed by atoms with E-state index in [4.69, 9.17) is 16.7 Å². The van der Waals surface area contributed by atoms with Gasteiger partial charge in [-0.25, -0.2) is 0 Å². The third-order valence-corrected chi connectivity index (χ3v) is 5.69. The number of fused-ring (bicyclic) bond motifs is 1. The molecular formula is C23H26ClN3O4. The molecule has 0 saturated carbocycles. The second-order valence-corrected chi connectivity index (χ2v) is 8.17. The molecule has 1 aliphatic heterocycles. The third kappa shape index (κ3) is 6.29. The van der Waals surface area contributed by atoms with Crippen LogP contribution in [0.1, 0.15) is 36.0 Å². The highest BCUT2D eigenvalue weighted by Crippen LogP contribution is 2.22. The minimum Gasteiger partial charge on any atom is -0.480 e. The second-order valence-electron chi connectivity index (χ2n) is 7.73. The number of hydrogen-bond acceptors (Lipinski definition) is 4. The molecule has 3 rings (SSSR count). The monoisotopic (exact) mass is 443 g/mol. The van der Waals surface area contributed by atoms with Crippen molar-refractivity contribution in [3.05, 3.63) is 70.2 Å². The summed E-state index contributed by atoms with van der Waals surface area (Å²) < 4.78 is 0. The van der Waals surface area contributed by atoms with Gasteiger partial charge in [-0.3, -0.25) is 14.4 Å². The first-order chi connectivity index (χ1) is 14.8. The molecule has 0 spiro atoms. The van der Waals surface area contributed by atoms with Crippen molar-refractivity contribution >= 4 is 29.4 Å². The summed E-state index contributed by atoms with van der Waals surface area (Å²) in [6.45, 7) is 2.28. The van der Waals surface area contributed by atoms with Crippen LogP contribution in [0.4, 0.5) is 0 Å². The average Bonchev–Trinajstić information content (AvgIpc) is 2.76. The highest BCUT2D eigenvalue weighted by molar-refractivity contribution is 6.30. The highest BCUT2D eigenvalue weighted by atomic mass is 35.5. The van der Waals surface area contributed by atoms with E-state index in [9.17, 15) is 14.4 Å². The van der Waals surface area contributed by atoms with Crippen LogP contribution in [0.3, 0.4) is 0 Å². The van der Waals surface area contributed by atoms with E-state index in [-0.39, 0.29) is 30.8 Å². The molecule has 0 aromatic heterocycles. The lowest BCUT2D eigenvalue weighted by molar-refractivity contribution is -0.141. The fourth-order valence-corrected chi connectivity index (χ4v) is 3.74. The van der Waals surface area contributed by atoms with Gasteiger partial charge in [0, 0.05) is 30.5 Å². The fraction of sp³-hybridized carbons (Fsp3) is 0.348. The minimum atomic E-state index is -1.10. The van der Waals surface area contributed by atoms with Crippen molar-refractivity contribution in [2.45, 2.75) is 44.3 Å². The Morgan fingerprint density at radius 2 is 1.81 bits per heavy atom. The number of carboxylic acid groups (broad SMARTS) is 1. The Balaban J connectivity index is 1.64. The Morgan fingerprint density at radius 1 is 1.13 bits per heavy atom. The molecular weight excluding hydrogens is 418 g/mol. The van der Waals surface area contributed by atoms with E-state index < -0.39 is 17.9 Å². The van der Waals surface area contributed by atoms with Crippen molar-refractivity contribution in [1.29, 1.82) is 0 Å². The number of carbonyl (C=O) groups is 3. The molecule has 2 amide bonds. The zero-order chi connectivity index (χ0) is 22.4. The van der Waals surface area contributed by atoms with E-state index in [1.165, 1.54) is 12.5 Å². The SMILES string of the molecule is C[C@@H](NC(=O)C[C@@H](CNC(=O)[C@@H]1Cc2ccccc2CN1)c1ccc(Cl)cc1)C(=O)O. The maximum atomic E-state index is 12.8. The maximum Gasteiger partial charge on any atom is 0.325 e. The summed E-state index contributed by atoms with van der Waals surface area (Å²) in [4.78, 5) is 36.2. The topological polar surface area (TPSA) is 108 Å². The first-order valence-electron chi connectivity index (χ1n) is 10.2. The van der Waals surface area contributed by atoms with E-state index in [2.05, 4.69) is 16.0 Å². The number of hydrogen-bond donors (Lipinski definition) is 4. The second kappa shape index (κ2) is 10.4. The number of nitrogens with one attached hydrogen (secondary N) is 3. The van der Waals surface area contributed by atoms with E-state index in [0.29, 0.717) is 18.0 Å². The van der Waals surface area contributed by atoms with Gasteiger partial charge < -0.3 is 21.1 Å². The number of amides is 2. The van der Waals surface area contributed by atoms with E-state index in [1.54, 1.807) is 12.1 Å². The standard InChI is InChI=1S/C23H26ClN3O4/c1-14(23(30)31)27-21(28)11-18(15-6-8-19(24)9-7-15)13-26-22(29)20-10-16-4-2-3-5-17(16)12-25-20/h2-9,14,18,20,25H,10-13H2,1H3,(H,26,29)(H,27,28)(H,30,31)/t14-,18+,20+/m1/s1. The minimum absolute atomic E-state index is 0.0421. The summed E-state index contributed by atoms with van der Waals surface area (Å²) in [5, 5.41) is 18.2. The molecule has 0 saturated heterocycles. The van der Waals surface area contributed by atoms with Crippen molar-refractivity contribution in [1.82, 2.24) is 16.0 Å². The van der Waals surface area contributed by atoms with Crippen molar-refractivity contribution < 1.29 is 19.5 Å². The Hall–Kier alpha value is -2.90. The summed E-state index contributed by atoms with van der Waals surface area (Å²) in [5.74, 6) is -1.95. The summed E-state index contributed by atoms with van der Waals surface area (Å²) in [6.07, 6.45) is 0.644. The molecule has 2 aromatic carbocycles. The first-order valence-corrected chi connectivity index (χ1v) is 10.6. The summed E-state index contributed by atoms with van der Waals surface area (Å²) in [6, 6.07) is 13.8. The summed E-state index contributed by atoms with van der Waals surface area (Å²) >= 11 is 5.97. The van der Waals surface area contributed by atoms with Gasteiger partial charge in [0.1, 0.15) is 6.04 Å². The van der Waals surface area contributed by atoms with Crippen LogP contribution in [-0.4, -0.2) is 41.5 Å². The molecule has 1 aliphatic rings. The van der Waals surface area contributed by atoms with E-state index in [0.717, 1.165) is 11.1 Å². The van der Waals surface area contributed by atoms with Gasteiger partial charge >= 0.3 is 5.97 Å². The number of halogens is 1. The predicted molar refractivity (Wildman–Crippen MR) is 118 cm³/mol. The average molecular weight is 444 g/mol. The number of carboxylic acids is 1. The normalized spacial score (nSPS) is 17.2. The molecule has 0 aliphatic carbocycles. The molecule has 8 heteroatoms. The molecule has 1 heterocycles. The smallest absolute Gasteiger partial charge is 0.325 e. The zero-order valence-electron chi connectivity index (χ0n) is 17.2. The van der Waals surface area contributed by atoms with Crippen LogP contribution < -0.4 is 16.0 Å². The molecule has 4 N–H and O–H groups in total. The Bertz CT molecular complexity index is 948. The van der Waals surface area contributed by atoms with Crippen molar-refractivity contribution in [2.75, 3.05) is 6.54 Å². The number of carbonyl (C=O) groups excluding carboxylic acids is 2. The van der Waals surface area contributed by atoms with Gasteiger partial charge in [-0.05, 0) is 42.2 Å². The lowest BCUT2D eigenvalue weighted by Gasteiger charge is -2.26. The molecule has 31 heavy (non-hydrogen) atoms. The third-order valence-electron chi connectivity index (χ3n) is 5.44. The summed E-state index contributed by atoms with van der Waals surface area (Å²) in [7, 11) is 0. The molecule has 0 unspecified atom stereocenters. The lowest BCUT2D eigenvalue weighted by atomic mass is 9.93. The van der Waals surface area contributed by atoms with Gasteiger partial charge in [-0.15, -0.1) is 0 Å². The fourth-order valence-electron chi connectivity index (χ4n) is 3.62. The Morgan fingerprint density at radius 3 is 2.48 bits per heavy atom. The van der Waals surface area contributed by atoms with Crippen LogP contribution >= 0.6 is 11.6 Å². The first kappa shape index (κ1) is 22.8. The van der Waals surface area contributed by atoms with E-state index in [1.807, 2.05) is 36.4 Å². The van der Waals surface area contributed by atoms with Crippen molar-refractivity contribution in [3.63, 3.8) is 0 Å². The molecule has 2 aromatic rings. The molecule has 3 atom stereocenters. The van der Waals surface area contributed by atoms with Gasteiger partial charge in [0.05, 0.1) is 6.04 Å². The predicted octanol–water partition coefficient (Wildman–Crippen LogP) is 2.23. The highest BCUT2D eigenvalue weighted by Gasteiger charge is 2.25. The number of aliphatic carboxylic acids is 1. The van der Waals surface area contributed by atoms with Gasteiger partial charge in [-0.2, -0.15) is 0 Å². The number of benzene rings is 2. The Kier molecular flexibility index (Phi) is 7.65. The van der Waals surface area contributed by atoms with Gasteiger partial charge in [0.25, 0.3) is 0 Å². The van der Waals surface area contributed by atoms with Crippen LogP contribution in [0.5, 0.6) is 0 Å². The Labute approximate surface area is 186 Å². The molecule has 7 nitrogen and oxygen atoms in total. The summed E-state index contributed by atoms with van der Waals surface area (Å²) in [5.41, 5.74) is 3.18. The zero-order valence-corrected chi connectivity index (χ0v) is 18.0. The molecule has 0 fully saturated rings. The lowest BCUT2D eigenvalue weighted by Crippen LogP contribution is -2.48. The molecule has 0 bridgehead atoms. The quantitative estimate of drug-likeness (QED) is 0.500. The van der Waals surface area contributed by atoms with Crippen molar-refractivity contribution in [3.8, 4) is 0 Å². The largest absolute Gasteiger partial charge is 0.480 e. The van der Waals surface area contributed by atoms with Crippen molar-refractivity contribution in [2.24, 2.45) is 0 Å². The van der Waals surface area contributed by atoms with Crippen LogP contribution in [0.2, 0.25) is 5.02 Å². The molecule has 0 radical (unpaired) electrons. The van der Waals surface area contributed by atoms with Crippen LogP contribution in [0.15, 0.2) is 48.5 Å². The number of rotatable bonds is 8. The van der Waals surface area contributed by atoms with E-state index >= 15 is 0 Å². The maximum absolute atomic E-state index is 12.8. The van der Waals surface area contributed by atoms with Gasteiger partial charge in [0.15, 0.2) is 0 Å². The van der Waals surface area contributed by atoms with Gasteiger partial charge in [-0.1, -0.05) is 48.0 Å². The molecule has 164 valence electrons. The van der Waals surface area contributed by atoms with Crippen LogP contribution in [0, 0.1) is 0 Å². The van der Waals surface area contributed by atoms with Crippen LogP contribution in [-0.2, 0) is 27.3 Å². The van der Waals surface area contributed by atoms with Crippen LogP contribution in [0.25, 0.3) is 0 Å². The van der Waals surface area contributed by atoms with Gasteiger partial charge in [0.2, 0.25) is 11.8 Å².